The fourth-order valence-corrected chi connectivity index (χ4v) is 2.82. The van der Waals surface area contributed by atoms with Gasteiger partial charge in [0.05, 0.1) is 12.6 Å². The summed E-state index contributed by atoms with van der Waals surface area (Å²) in [4.78, 5) is 24.3. The molecule has 0 aliphatic carbocycles. The third-order valence-corrected chi connectivity index (χ3v) is 4.13. The number of carbonyl (C=O) groups is 2. The summed E-state index contributed by atoms with van der Waals surface area (Å²) in [7, 11) is 0. The fourth-order valence-electron chi connectivity index (χ4n) is 2.82. The molecule has 2 atom stereocenters. The number of benzene rings is 2. The minimum atomic E-state index is -0.667. The van der Waals surface area contributed by atoms with Gasteiger partial charge in [0.2, 0.25) is 0 Å². The van der Waals surface area contributed by atoms with Crippen LogP contribution in [0.5, 0.6) is 0 Å². The van der Waals surface area contributed by atoms with Crippen molar-refractivity contribution in [1.29, 1.82) is 0 Å². The maximum atomic E-state index is 12.4. The van der Waals surface area contributed by atoms with E-state index in [1.807, 2.05) is 63.2 Å². The molecule has 2 amide bonds. The smallest absolute Gasteiger partial charge is 0.328 e. The molecule has 5 heteroatoms. The zero-order chi connectivity index (χ0) is 18.4. The predicted octanol–water partition coefficient (Wildman–Crippen LogP) is 3.79. The van der Waals surface area contributed by atoms with Gasteiger partial charge in [0.25, 0.3) is 0 Å². The summed E-state index contributed by atoms with van der Waals surface area (Å²) in [5.74, 6) is -0.469. The number of fused-ring (bicyclic) bond motifs is 1. The highest BCUT2D eigenvalue weighted by Gasteiger charge is 2.26. The molecule has 2 aromatic rings. The quantitative estimate of drug-likeness (QED) is 0.785. The van der Waals surface area contributed by atoms with E-state index in [1.54, 1.807) is 6.92 Å². The normalized spacial score (nSPS) is 13.3. The van der Waals surface area contributed by atoms with Crippen LogP contribution in [-0.4, -0.2) is 24.6 Å². The van der Waals surface area contributed by atoms with E-state index >= 15 is 0 Å². The average molecular weight is 342 g/mol. The van der Waals surface area contributed by atoms with Crippen LogP contribution in [0.25, 0.3) is 10.8 Å². The Morgan fingerprint density at radius 2 is 1.68 bits per heavy atom. The van der Waals surface area contributed by atoms with Gasteiger partial charge < -0.3 is 15.4 Å². The number of urea groups is 1. The highest BCUT2D eigenvalue weighted by atomic mass is 16.5. The number of ether oxygens (including phenoxy) is 1. The fraction of sp³-hybridized carbons (Fsp3) is 0.400. The second-order valence-electron chi connectivity index (χ2n) is 6.38. The summed E-state index contributed by atoms with van der Waals surface area (Å²) >= 11 is 0. The Balaban J connectivity index is 2.09. The predicted molar refractivity (Wildman–Crippen MR) is 99.3 cm³/mol. The summed E-state index contributed by atoms with van der Waals surface area (Å²) in [5, 5.41) is 7.86. The first kappa shape index (κ1) is 18.8. The Kier molecular flexibility index (Phi) is 6.39. The molecule has 134 valence electrons. The molecular weight excluding hydrogens is 316 g/mol. The summed E-state index contributed by atoms with van der Waals surface area (Å²) in [5.41, 5.74) is 1.03. The van der Waals surface area contributed by atoms with Gasteiger partial charge in [0.15, 0.2) is 0 Å². The lowest BCUT2D eigenvalue weighted by molar-refractivity contribution is -0.146. The largest absolute Gasteiger partial charge is 0.464 e. The topological polar surface area (TPSA) is 67.4 Å². The number of hydrogen-bond donors (Lipinski definition) is 2. The molecule has 25 heavy (non-hydrogen) atoms. The summed E-state index contributed by atoms with van der Waals surface area (Å²) in [6.45, 7) is 7.71. The highest BCUT2D eigenvalue weighted by molar-refractivity contribution is 5.87. The van der Waals surface area contributed by atoms with Crippen LogP contribution in [0, 0.1) is 5.92 Å². The van der Waals surface area contributed by atoms with Crippen molar-refractivity contribution in [2.24, 2.45) is 5.92 Å². The lowest BCUT2D eigenvalue weighted by atomic mass is 10.00. The molecule has 0 spiro atoms. The van der Waals surface area contributed by atoms with Crippen molar-refractivity contribution in [3.63, 3.8) is 0 Å². The molecule has 0 bridgehead atoms. The van der Waals surface area contributed by atoms with Gasteiger partial charge in [-0.2, -0.15) is 0 Å². The van der Waals surface area contributed by atoms with Gasteiger partial charge in [0, 0.05) is 0 Å². The van der Waals surface area contributed by atoms with Crippen molar-refractivity contribution in [2.75, 3.05) is 6.61 Å². The molecule has 0 aliphatic rings. The highest BCUT2D eigenvalue weighted by Crippen LogP contribution is 2.23. The van der Waals surface area contributed by atoms with Gasteiger partial charge in [-0.25, -0.2) is 9.59 Å². The molecule has 0 fully saturated rings. The molecule has 0 saturated heterocycles. The van der Waals surface area contributed by atoms with Gasteiger partial charge in [-0.3, -0.25) is 0 Å². The number of amides is 2. The molecule has 0 aliphatic heterocycles. The molecular formula is C20H26N2O3. The number of nitrogens with one attached hydrogen (secondary N) is 2. The number of esters is 1. The Morgan fingerprint density at radius 1 is 1.00 bits per heavy atom. The van der Waals surface area contributed by atoms with E-state index < -0.39 is 12.0 Å². The lowest BCUT2D eigenvalue weighted by Crippen LogP contribution is -2.49. The summed E-state index contributed by atoms with van der Waals surface area (Å²) < 4.78 is 5.03. The lowest BCUT2D eigenvalue weighted by Gasteiger charge is -2.23. The van der Waals surface area contributed by atoms with Crippen molar-refractivity contribution >= 4 is 22.8 Å². The van der Waals surface area contributed by atoms with Gasteiger partial charge >= 0.3 is 12.0 Å². The average Bonchev–Trinajstić information content (AvgIpc) is 2.59. The molecule has 2 rings (SSSR count). The van der Waals surface area contributed by atoms with E-state index in [0.717, 1.165) is 16.3 Å². The van der Waals surface area contributed by atoms with Crippen LogP contribution in [0.1, 0.15) is 39.3 Å². The molecule has 0 aromatic heterocycles. The number of rotatable bonds is 6. The monoisotopic (exact) mass is 342 g/mol. The zero-order valence-corrected chi connectivity index (χ0v) is 15.2. The van der Waals surface area contributed by atoms with Crippen molar-refractivity contribution in [3.8, 4) is 0 Å². The maximum Gasteiger partial charge on any atom is 0.328 e. The summed E-state index contributed by atoms with van der Waals surface area (Å²) in [6.07, 6.45) is 0. The van der Waals surface area contributed by atoms with Crippen molar-refractivity contribution < 1.29 is 14.3 Å². The first-order valence-electron chi connectivity index (χ1n) is 8.65. The second-order valence-corrected chi connectivity index (χ2v) is 6.38. The van der Waals surface area contributed by atoms with Crippen LogP contribution in [0.2, 0.25) is 0 Å². The standard InChI is InChI=1S/C20H26N2O3/c1-5-25-19(23)18(13(2)3)22-20(24)21-14(4)16-12-8-10-15-9-6-7-11-17(15)16/h6-14,18H,5H2,1-4H3,(H2,21,22,24)/t14-,18+/m1/s1. The first-order chi connectivity index (χ1) is 11.9. The van der Waals surface area contributed by atoms with E-state index in [4.69, 9.17) is 4.74 Å². The number of carbonyl (C=O) groups excluding carboxylic acids is 2. The first-order valence-corrected chi connectivity index (χ1v) is 8.65. The van der Waals surface area contributed by atoms with Gasteiger partial charge in [0.1, 0.15) is 6.04 Å². The van der Waals surface area contributed by atoms with Crippen LogP contribution >= 0.6 is 0 Å². The van der Waals surface area contributed by atoms with E-state index in [0.29, 0.717) is 0 Å². The second kappa shape index (κ2) is 8.51. The van der Waals surface area contributed by atoms with E-state index in [2.05, 4.69) is 10.6 Å². The third kappa shape index (κ3) is 4.72. The molecule has 2 N–H and O–H groups in total. The van der Waals surface area contributed by atoms with Gasteiger partial charge in [-0.15, -0.1) is 0 Å². The molecule has 0 saturated carbocycles. The maximum absolute atomic E-state index is 12.4. The van der Waals surface area contributed by atoms with Crippen molar-refractivity contribution in [2.45, 2.75) is 39.8 Å². The van der Waals surface area contributed by atoms with E-state index in [1.165, 1.54) is 0 Å². The Bertz CT molecular complexity index is 737. The Labute approximate surface area is 148 Å². The van der Waals surface area contributed by atoms with Crippen LogP contribution < -0.4 is 10.6 Å². The minimum absolute atomic E-state index is 0.0577. The SMILES string of the molecule is CCOC(=O)[C@@H](NC(=O)N[C@H](C)c1cccc2ccccc12)C(C)C. The zero-order valence-electron chi connectivity index (χ0n) is 15.2. The Hall–Kier alpha value is -2.56. The van der Waals surface area contributed by atoms with E-state index in [-0.39, 0.29) is 24.6 Å². The molecule has 0 unspecified atom stereocenters. The third-order valence-electron chi connectivity index (χ3n) is 4.13. The summed E-state index contributed by atoms with van der Waals surface area (Å²) in [6, 6.07) is 12.8. The Morgan fingerprint density at radius 3 is 2.36 bits per heavy atom. The van der Waals surface area contributed by atoms with Crippen LogP contribution in [0.15, 0.2) is 42.5 Å². The van der Waals surface area contributed by atoms with Crippen molar-refractivity contribution in [1.82, 2.24) is 10.6 Å². The minimum Gasteiger partial charge on any atom is -0.464 e. The molecule has 0 radical (unpaired) electrons. The number of hydrogen-bond acceptors (Lipinski definition) is 3. The van der Waals surface area contributed by atoms with Crippen LogP contribution in [0.4, 0.5) is 4.79 Å². The van der Waals surface area contributed by atoms with Crippen LogP contribution in [-0.2, 0) is 9.53 Å². The van der Waals surface area contributed by atoms with Gasteiger partial charge in [-0.1, -0.05) is 56.3 Å². The molecule has 5 nitrogen and oxygen atoms in total. The van der Waals surface area contributed by atoms with Gasteiger partial charge in [-0.05, 0) is 36.1 Å². The molecule has 2 aromatic carbocycles. The van der Waals surface area contributed by atoms with Crippen LogP contribution in [0.3, 0.4) is 0 Å². The molecule has 0 heterocycles. The van der Waals surface area contributed by atoms with Crippen molar-refractivity contribution in [3.05, 3.63) is 48.0 Å². The van der Waals surface area contributed by atoms with E-state index in [9.17, 15) is 9.59 Å².